The Kier molecular flexibility index (Phi) is 9.49. The van der Waals surface area contributed by atoms with Crippen molar-refractivity contribution in [2.45, 2.75) is 44.7 Å². The van der Waals surface area contributed by atoms with Gasteiger partial charge in [0.25, 0.3) is 0 Å². The molecule has 3 aliphatic rings. The number of benzene rings is 2. The fraction of sp³-hybridized carbons (Fsp3) is 0.405. The Labute approximate surface area is 271 Å². The first-order valence-electron chi connectivity index (χ1n) is 16.0. The van der Waals surface area contributed by atoms with Gasteiger partial charge in [0.1, 0.15) is 5.75 Å². The summed E-state index contributed by atoms with van der Waals surface area (Å²) < 4.78 is 22.3. The summed E-state index contributed by atoms with van der Waals surface area (Å²) in [6.45, 7) is 5.26. The highest BCUT2D eigenvalue weighted by Crippen LogP contribution is 2.43. The first-order chi connectivity index (χ1) is 22.4. The minimum atomic E-state index is -0.0649. The predicted octanol–water partition coefficient (Wildman–Crippen LogP) is 5.79. The number of dihydropyridines is 1. The van der Waals surface area contributed by atoms with Crippen LogP contribution in [0.15, 0.2) is 66.5 Å². The molecule has 242 valence electrons. The Bertz CT molecular complexity index is 1620. The van der Waals surface area contributed by atoms with E-state index in [1.165, 1.54) is 30.4 Å². The van der Waals surface area contributed by atoms with Crippen LogP contribution in [0.4, 0.5) is 0 Å². The topological polar surface area (TPSA) is 85.4 Å². The molecule has 0 bridgehead atoms. The molecule has 3 aromatic rings. The second-order valence-electron chi connectivity index (χ2n) is 12.3. The van der Waals surface area contributed by atoms with E-state index >= 15 is 0 Å². The number of rotatable bonds is 11. The van der Waals surface area contributed by atoms with Gasteiger partial charge in [-0.3, -0.25) is 14.7 Å². The zero-order chi connectivity index (χ0) is 32.2. The van der Waals surface area contributed by atoms with Crippen LogP contribution in [0, 0.1) is 6.92 Å². The van der Waals surface area contributed by atoms with E-state index in [0.717, 1.165) is 40.3 Å². The summed E-state index contributed by atoms with van der Waals surface area (Å²) in [7, 11) is 6.57. The minimum Gasteiger partial charge on any atom is -0.496 e. The largest absolute Gasteiger partial charge is 0.496 e. The van der Waals surface area contributed by atoms with Crippen molar-refractivity contribution in [3.63, 3.8) is 0 Å². The summed E-state index contributed by atoms with van der Waals surface area (Å²) in [6.07, 6.45) is 11.8. The zero-order valence-corrected chi connectivity index (χ0v) is 27.5. The lowest BCUT2D eigenvalue weighted by Gasteiger charge is -2.35. The average Bonchev–Trinajstić information content (AvgIpc) is 3.05. The molecular formula is C37H44N4O5. The Morgan fingerprint density at radius 2 is 1.67 bits per heavy atom. The van der Waals surface area contributed by atoms with Gasteiger partial charge >= 0.3 is 0 Å². The highest BCUT2D eigenvalue weighted by atomic mass is 16.5. The quantitative estimate of drug-likeness (QED) is 0.287. The number of piperazine rings is 1. The van der Waals surface area contributed by atoms with E-state index in [1.807, 2.05) is 35.5 Å². The summed E-state index contributed by atoms with van der Waals surface area (Å²) in [5, 5.41) is 3.41. The molecule has 2 aromatic carbocycles. The van der Waals surface area contributed by atoms with Gasteiger partial charge in [0.05, 0.1) is 46.7 Å². The van der Waals surface area contributed by atoms with Crippen LogP contribution < -0.4 is 24.3 Å². The van der Waals surface area contributed by atoms with E-state index in [9.17, 15) is 4.79 Å². The van der Waals surface area contributed by atoms with Gasteiger partial charge in [-0.15, -0.1) is 0 Å². The number of hydrogen-bond donors (Lipinski definition) is 1. The van der Waals surface area contributed by atoms with Crippen LogP contribution in [0.2, 0.25) is 0 Å². The summed E-state index contributed by atoms with van der Waals surface area (Å²) in [4.78, 5) is 22.2. The van der Waals surface area contributed by atoms with Crippen molar-refractivity contribution in [2.75, 3.05) is 54.6 Å². The molecule has 1 saturated carbocycles. The molecule has 1 N–H and O–H groups in total. The van der Waals surface area contributed by atoms with E-state index in [0.29, 0.717) is 49.3 Å². The van der Waals surface area contributed by atoms with Gasteiger partial charge in [-0.1, -0.05) is 12.5 Å². The lowest BCUT2D eigenvalue weighted by atomic mass is 9.77. The van der Waals surface area contributed by atoms with E-state index in [-0.39, 0.29) is 11.9 Å². The van der Waals surface area contributed by atoms with Crippen LogP contribution in [0.1, 0.15) is 53.5 Å². The normalized spacial score (nSPS) is 18.5. The smallest absolute Gasteiger partial charge is 0.237 e. The Morgan fingerprint density at radius 1 is 0.913 bits per heavy atom. The molecule has 9 nitrogen and oxygen atoms in total. The monoisotopic (exact) mass is 624 g/mol. The molecule has 9 heteroatoms. The summed E-state index contributed by atoms with van der Waals surface area (Å²) >= 11 is 0. The molecule has 1 atom stereocenters. The number of hydrogen-bond acceptors (Lipinski definition) is 8. The van der Waals surface area contributed by atoms with E-state index in [4.69, 9.17) is 23.9 Å². The molecule has 6 rings (SSSR count). The highest BCUT2D eigenvalue weighted by Gasteiger charge is 2.27. The first-order valence-corrected chi connectivity index (χ1v) is 16.0. The van der Waals surface area contributed by atoms with Crippen molar-refractivity contribution < 1.29 is 23.7 Å². The summed E-state index contributed by atoms with van der Waals surface area (Å²) in [5.41, 5.74) is 7.79. The number of methoxy groups -OCH3 is 4. The van der Waals surface area contributed by atoms with Crippen LogP contribution >= 0.6 is 0 Å². The molecule has 1 amide bonds. The van der Waals surface area contributed by atoms with Crippen molar-refractivity contribution in [1.29, 1.82) is 0 Å². The number of nitrogens with one attached hydrogen (secondary N) is 1. The lowest BCUT2D eigenvalue weighted by molar-refractivity contribution is -0.136. The molecule has 2 aliphatic heterocycles. The molecule has 1 aromatic heterocycles. The van der Waals surface area contributed by atoms with Crippen molar-refractivity contribution in [3.8, 4) is 34.3 Å². The number of amides is 1. The minimum absolute atomic E-state index is 0.0649. The van der Waals surface area contributed by atoms with E-state index in [2.05, 4.69) is 47.5 Å². The molecule has 46 heavy (non-hydrogen) atoms. The van der Waals surface area contributed by atoms with Gasteiger partial charge in [-0.05, 0) is 102 Å². The molecular weight excluding hydrogens is 580 g/mol. The lowest BCUT2D eigenvalue weighted by Crippen LogP contribution is -2.50. The van der Waals surface area contributed by atoms with Crippen LogP contribution in [-0.2, 0) is 11.3 Å². The van der Waals surface area contributed by atoms with Gasteiger partial charge in [0.2, 0.25) is 11.7 Å². The average molecular weight is 625 g/mol. The van der Waals surface area contributed by atoms with Gasteiger partial charge in [-0.2, -0.15) is 0 Å². The maximum atomic E-state index is 13.3. The summed E-state index contributed by atoms with van der Waals surface area (Å²) in [6, 6.07) is 12.4. The maximum Gasteiger partial charge on any atom is 0.237 e. The molecule has 1 saturated heterocycles. The predicted molar refractivity (Wildman–Crippen MR) is 179 cm³/mol. The van der Waals surface area contributed by atoms with Gasteiger partial charge < -0.3 is 29.2 Å². The molecule has 1 unspecified atom stereocenters. The fourth-order valence-electron chi connectivity index (χ4n) is 6.64. The van der Waals surface area contributed by atoms with Crippen LogP contribution in [0.5, 0.6) is 23.0 Å². The Balaban J connectivity index is 1.10. The maximum absolute atomic E-state index is 13.3. The first kappa shape index (κ1) is 31.5. The van der Waals surface area contributed by atoms with Crippen LogP contribution in [-0.4, -0.2) is 75.3 Å². The third-order valence-corrected chi connectivity index (χ3v) is 9.46. The molecule has 2 fully saturated rings. The number of carbonyl (C=O) groups excluding carboxylic acids is 1. The standard InChI is InChI=1S/C37H44N4O5/c1-24-30(27-7-6-8-27)17-28(18-33(24)43-2)31-16-26(10-12-38-31)22-41-14-13-40(23-36(41)42)21-25-9-11-39-32(15-25)29-19-34(44-3)37(46-5)35(20-29)45-4/h9-12,15-20,27,32,39H,6-8,13-14,21-23H2,1-5H3. The number of ether oxygens (including phenoxy) is 4. The van der Waals surface area contributed by atoms with Gasteiger partial charge in [0.15, 0.2) is 11.5 Å². The highest BCUT2D eigenvalue weighted by molar-refractivity contribution is 5.79. The molecule has 3 heterocycles. The fourth-order valence-corrected chi connectivity index (χ4v) is 6.64. The Hall–Kier alpha value is -4.50. The van der Waals surface area contributed by atoms with Gasteiger partial charge in [-0.25, -0.2) is 0 Å². The van der Waals surface area contributed by atoms with Gasteiger partial charge in [0, 0.05) is 37.9 Å². The third-order valence-electron chi connectivity index (χ3n) is 9.46. The zero-order valence-electron chi connectivity index (χ0n) is 27.5. The van der Waals surface area contributed by atoms with Crippen molar-refractivity contribution in [2.24, 2.45) is 0 Å². The number of pyridine rings is 1. The van der Waals surface area contributed by atoms with Crippen molar-refractivity contribution >= 4 is 5.91 Å². The molecule has 0 spiro atoms. The SMILES string of the molecule is COc1cc(-c2cc(CN3CCN(CC4=CC(c5cc(OC)c(OC)c(OC)c5)NC=C4)CC3=O)ccn2)cc(C2CCC2)c1C. The number of aromatic nitrogens is 1. The van der Waals surface area contributed by atoms with E-state index < -0.39 is 0 Å². The van der Waals surface area contributed by atoms with Crippen molar-refractivity contribution in [3.05, 3.63) is 88.8 Å². The number of carbonyl (C=O) groups is 1. The van der Waals surface area contributed by atoms with Crippen LogP contribution in [0.25, 0.3) is 11.3 Å². The summed E-state index contributed by atoms with van der Waals surface area (Å²) in [5.74, 6) is 3.44. The number of nitrogens with zero attached hydrogens (tertiary/aromatic N) is 3. The molecule has 1 aliphatic carbocycles. The second-order valence-corrected chi connectivity index (χ2v) is 12.3. The third kappa shape index (κ3) is 6.56. The second kappa shape index (κ2) is 13.9. The molecule has 0 radical (unpaired) electrons. The van der Waals surface area contributed by atoms with Crippen molar-refractivity contribution in [1.82, 2.24) is 20.1 Å². The van der Waals surface area contributed by atoms with Crippen LogP contribution in [0.3, 0.4) is 0 Å². The van der Waals surface area contributed by atoms with E-state index in [1.54, 1.807) is 28.4 Å². The Morgan fingerprint density at radius 3 is 2.33 bits per heavy atom.